The van der Waals surface area contributed by atoms with Crippen LogP contribution in [0.5, 0.6) is 0 Å². The van der Waals surface area contributed by atoms with E-state index in [9.17, 15) is 0 Å². The maximum absolute atomic E-state index is 4.74. The van der Waals surface area contributed by atoms with Crippen molar-refractivity contribution in [1.29, 1.82) is 0 Å². The Bertz CT molecular complexity index is 504. The average Bonchev–Trinajstić information content (AvgIpc) is 2.81. The van der Waals surface area contributed by atoms with Crippen LogP contribution >= 0.6 is 11.3 Å². The quantitative estimate of drug-likeness (QED) is 0.828. The standard InChI is InChI=1S/C14H19N3S/c1-16-9-5-6-11(10-16)17(2)14-15-12-7-3-4-8-13(12)18-14/h3-4,7-8,11H,5-6,9-10H2,1-2H3. The van der Waals surface area contributed by atoms with E-state index >= 15 is 0 Å². The maximum atomic E-state index is 4.74. The van der Waals surface area contributed by atoms with Crippen molar-refractivity contribution < 1.29 is 0 Å². The lowest BCUT2D eigenvalue weighted by molar-refractivity contribution is 0.248. The Morgan fingerprint density at radius 2 is 2.22 bits per heavy atom. The van der Waals surface area contributed by atoms with Crippen molar-refractivity contribution in [3.05, 3.63) is 24.3 Å². The summed E-state index contributed by atoms with van der Waals surface area (Å²) < 4.78 is 1.28. The van der Waals surface area contributed by atoms with Crippen LogP contribution in [-0.4, -0.2) is 43.1 Å². The molecule has 3 rings (SSSR count). The molecule has 0 bridgehead atoms. The number of hydrogen-bond acceptors (Lipinski definition) is 4. The number of nitrogens with zero attached hydrogens (tertiary/aromatic N) is 3. The van der Waals surface area contributed by atoms with Gasteiger partial charge in [-0.25, -0.2) is 4.98 Å². The molecule has 2 heterocycles. The van der Waals surface area contributed by atoms with Crippen LogP contribution in [0.1, 0.15) is 12.8 Å². The van der Waals surface area contributed by atoms with E-state index in [0.29, 0.717) is 6.04 Å². The van der Waals surface area contributed by atoms with E-state index in [2.05, 4.69) is 48.2 Å². The Kier molecular flexibility index (Phi) is 3.22. The van der Waals surface area contributed by atoms with E-state index in [1.165, 1.54) is 24.1 Å². The van der Waals surface area contributed by atoms with E-state index in [4.69, 9.17) is 4.98 Å². The molecule has 1 aromatic heterocycles. The molecule has 1 aliphatic rings. The number of benzene rings is 1. The number of para-hydroxylation sites is 1. The first kappa shape index (κ1) is 11.9. The third-order valence-corrected chi connectivity index (χ3v) is 4.86. The van der Waals surface area contributed by atoms with E-state index in [1.54, 1.807) is 11.3 Å². The summed E-state index contributed by atoms with van der Waals surface area (Å²) >= 11 is 1.80. The van der Waals surface area contributed by atoms with Crippen LogP contribution in [0.3, 0.4) is 0 Å². The normalized spacial score (nSPS) is 21.3. The highest BCUT2D eigenvalue weighted by Crippen LogP contribution is 2.30. The molecule has 0 spiro atoms. The molecule has 1 saturated heterocycles. The first-order chi connectivity index (χ1) is 8.74. The molecule has 0 radical (unpaired) electrons. The van der Waals surface area contributed by atoms with Gasteiger partial charge in [-0.15, -0.1) is 0 Å². The maximum Gasteiger partial charge on any atom is 0.186 e. The molecule has 0 amide bonds. The number of piperidine rings is 1. The number of anilines is 1. The monoisotopic (exact) mass is 261 g/mol. The molecule has 1 atom stereocenters. The number of likely N-dealkylation sites (tertiary alicyclic amines) is 1. The van der Waals surface area contributed by atoms with Gasteiger partial charge in [-0.2, -0.15) is 0 Å². The summed E-state index contributed by atoms with van der Waals surface area (Å²) in [4.78, 5) is 9.51. The Hall–Kier alpha value is -1.13. The first-order valence-electron chi connectivity index (χ1n) is 6.51. The number of aromatic nitrogens is 1. The SMILES string of the molecule is CN1CCCC(N(C)c2nc3ccccc3s2)C1. The fourth-order valence-corrected chi connectivity index (χ4v) is 3.62. The van der Waals surface area contributed by atoms with E-state index < -0.39 is 0 Å². The van der Waals surface area contributed by atoms with Crippen molar-refractivity contribution in [2.24, 2.45) is 0 Å². The third-order valence-electron chi connectivity index (χ3n) is 3.73. The van der Waals surface area contributed by atoms with Gasteiger partial charge in [-0.05, 0) is 38.6 Å². The summed E-state index contributed by atoms with van der Waals surface area (Å²) in [6.07, 6.45) is 2.56. The lowest BCUT2D eigenvalue weighted by atomic mass is 10.1. The van der Waals surface area contributed by atoms with Gasteiger partial charge in [0.05, 0.1) is 10.2 Å². The molecule has 4 heteroatoms. The molecule has 18 heavy (non-hydrogen) atoms. The fraction of sp³-hybridized carbons (Fsp3) is 0.500. The second-order valence-electron chi connectivity index (χ2n) is 5.13. The minimum atomic E-state index is 0.601. The van der Waals surface area contributed by atoms with Gasteiger partial charge in [0.15, 0.2) is 5.13 Å². The van der Waals surface area contributed by atoms with Crippen molar-refractivity contribution in [2.75, 3.05) is 32.1 Å². The summed E-state index contributed by atoms with van der Waals surface area (Å²) in [7, 11) is 4.39. The smallest absolute Gasteiger partial charge is 0.186 e. The summed E-state index contributed by atoms with van der Waals surface area (Å²) in [6, 6.07) is 8.98. The van der Waals surface area contributed by atoms with Crippen LogP contribution in [0, 0.1) is 0 Å². The molecule has 0 saturated carbocycles. The van der Waals surface area contributed by atoms with Crippen molar-refractivity contribution >= 4 is 26.7 Å². The average molecular weight is 261 g/mol. The van der Waals surface area contributed by atoms with Crippen LogP contribution in [0.2, 0.25) is 0 Å². The molecule has 1 unspecified atom stereocenters. The Morgan fingerprint density at radius 1 is 1.39 bits per heavy atom. The highest BCUT2D eigenvalue weighted by Gasteiger charge is 2.23. The minimum Gasteiger partial charge on any atom is -0.347 e. The lowest BCUT2D eigenvalue weighted by Crippen LogP contribution is -2.45. The van der Waals surface area contributed by atoms with Crippen LogP contribution in [0.15, 0.2) is 24.3 Å². The highest BCUT2D eigenvalue weighted by molar-refractivity contribution is 7.22. The van der Waals surface area contributed by atoms with Gasteiger partial charge in [0.25, 0.3) is 0 Å². The molecule has 3 nitrogen and oxygen atoms in total. The number of thiazole rings is 1. The zero-order valence-electron chi connectivity index (χ0n) is 11.0. The predicted octanol–water partition coefficient (Wildman–Crippen LogP) is 2.83. The van der Waals surface area contributed by atoms with Crippen molar-refractivity contribution in [3.63, 3.8) is 0 Å². The lowest BCUT2D eigenvalue weighted by Gasteiger charge is -2.35. The second kappa shape index (κ2) is 4.86. The third kappa shape index (κ3) is 2.22. The second-order valence-corrected chi connectivity index (χ2v) is 6.14. The van der Waals surface area contributed by atoms with Crippen molar-refractivity contribution in [1.82, 2.24) is 9.88 Å². The van der Waals surface area contributed by atoms with Crippen LogP contribution in [0.25, 0.3) is 10.2 Å². The van der Waals surface area contributed by atoms with Gasteiger partial charge in [0, 0.05) is 19.6 Å². The molecule has 0 N–H and O–H groups in total. The zero-order valence-corrected chi connectivity index (χ0v) is 11.8. The molecular formula is C14H19N3S. The number of rotatable bonds is 2. The van der Waals surface area contributed by atoms with Gasteiger partial charge in [0.1, 0.15) is 0 Å². The van der Waals surface area contributed by atoms with Gasteiger partial charge < -0.3 is 9.80 Å². The van der Waals surface area contributed by atoms with Gasteiger partial charge in [-0.3, -0.25) is 0 Å². The van der Waals surface area contributed by atoms with Gasteiger partial charge in [-0.1, -0.05) is 23.5 Å². The van der Waals surface area contributed by atoms with Gasteiger partial charge in [0.2, 0.25) is 0 Å². The van der Waals surface area contributed by atoms with Gasteiger partial charge >= 0.3 is 0 Å². The zero-order chi connectivity index (χ0) is 12.5. The molecule has 1 fully saturated rings. The summed E-state index contributed by atoms with van der Waals surface area (Å²) in [6.45, 7) is 2.37. The molecule has 2 aromatic rings. The molecular weight excluding hydrogens is 242 g/mol. The molecule has 1 aromatic carbocycles. The number of likely N-dealkylation sites (N-methyl/N-ethyl adjacent to an activating group) is 2. The molecule has 0 aliphatic carbocycles. The van der Waals surface area contributed by atoms with Crippen LogP contribution in [-0.2, 0) is 0 Å². The Balaban J connectivity index is 1.84. The summed E-state index contributed by atoms with van der Waals surface area (Å²) in [5.74, 6) is 0. The van der Waals surface area contributed by atoms with Crippen molar-refractivity contribution in [2.45, 2.75) is 18.9 Å². The largest absolute Gasteiger partial charge is 0.347 e. The van der Waals surface area contributed by atoms with Crippen LogP contribution < -0.4 is 4.90 Å². The number of hydrogen-bond donors (Lipinski definition) is 0. The highest BCUT2D eigenvalue weighted by atomic mass is 32.1. The molecule has 1 aliphatic heterocycles. The predicted molar refractivity (Wildman–Crippen MR) is 78.5 cm³/mol. The van der Waals surface area contributed by atoms with Crippen molar-refractivity contribution in [3.8, 4) is 0 Å². The van der Waals surface area contributed by atoms with E-state index in [-0.39, 0.29) is 0 Å². The Morgan fingerprint density at radius 3 is 3.00 bits per heavy atom. The van der Waals surface area contributed by atoms with E-state index in [1.807, 2.05) is 0 Å². The summed E-state index contributed by atoms with van der Waals surface area (Å²) in [5.41, 5.74) is 1.12. The topological polar surface area (TPSA) is 19.4 Å². The molecule has 96 valence electrons. The fourth-order valence-electron chi connectivity index (χ4n) is 2.62. The first-order valence-corrected chi connectivity index (χ1v) is 7.32. The summed E-state index contributed by atoms with van der Waals surface area (Å²) in [5, 5.41) is 1.15. The minimum absolute atomic E-state index is 0.601. The van der Waals surface area contributed by atoms with E-state index in [0.717, 1.165) is 17.2 Å². The Labute approximate surface area is 112 Å². The number of fused-ring (bicyclic) bond motifs is 1. The van der Waals surface area contributed by atoms with Crippen LogP contribution in [0.4, 0.5) is 5.13 Å².